The molecule has 18 heavy (non-hydrogen) atoms. The van der Waals surface area contributed by atoms with Crippen LogP contribution in [0.5, 0.6) is 17.2 Å². The highest BCUT2D eigenvalue weighted by Gasteiger charge is 2.13. The van der Waals surface area contributed by atoms with Gasteiger partial charge in [0.05, 0.1) is 11.6 Å². The van der Waals surface area contributed by atoms with E-state index in [0.29, 0.717) is 18.2 Å². The van der Waals surface area contributed by atoms with Crippen LogP contribution in [0, 0.1) is 0 Å². The van der Waals surface area contributed by atoms with Crippen LogP contribution in [0.3, 0.4) is 0 Å². The van der Waals surface area contributed by atoms with E-state index in [1.54, 1.807) is 11.3 Å². The van der Waals surface area contributed by atoms with Crippen LogP contribution in [0.15, 0.2) is 23.6 Å². The van der Waals surface area contributed by atoms with E-state index < -0.39 is 0 Å². The molecule has 0 saturated carbocycles. The topological polar surface area (TPSA) is 40.6 Å². The summed E-state index contributed by atoms with van der Waals surface area (Å²) in [6, 6.07) is 5.51. The minimum Gasteiger partial charge on any atom is -0.486 e. The molecule has 4 nitrogen and oxygen atoms in total. The summed E-state index contributed by atoms with van der Waals surface area (Å²) in [5.74, 6) is 2.64. The van der Waals surface area contributed by atoms with E-state index in [-0.39, 0.29) is 6.79 Å². The first kappa shape index (κ1) is 11.6. The molecule has 94 valence electrons. The van der Waals surface area contributed by atoms with Crippen LogP contribution in [0.2, 0.25) is 0 Å². The van der Waals surface area contributed by atoms with E-state index in [0.717, 1.165) is 22.2 Å². The van der Waals surface area contributed by atoms with E-state index in [2.05, 4.69) is 4.98 Å². The summed E-state index contributed by atoms with van der Waals surface area (Å²) >= 11 is 7.24. The van der Waals surface area contributed by atoms with Crippen LogP contribution in [0.25, 0.3) is 0 Å². The van der Waals surface area contributed by atoms with Crippen LogP contribution in [-0.4, -0.2) is 11.8 Å². The van der Waals surface area contributed by atoms with Gasteiger partial charge in [-0.3, -0.25) is 0 Å². The van der Waals surface area contributed by atoms with Crippen molar-refractivity contribution in [2.24, 2.45) is 0 Å². The molecule has 0 atom stereocenters. The molecular weight excluding hydrogens is 274 g/mol. The maximum Gasteiger partial charge on any atom is 0.231 e. The summed E-state index contributed by atoms with van der Waals surface area (Å²) in [7, 11) is 0. The Morgan fingerprint density at radius 1 is 1.33 bits per heavy atom. The summed E-state index contributed by atoms with van der Waals surface area (Å²) in [6.07, 6.45) is 0. The van der Waals surface area contributed by atoms with E-state index in [4.69, 9.17) is 25.8 Å². The summed E-state index contributed by atoms with van der Waals surface area (Å²) < 4.78 is 16.2. The van der Waals surface area contributed by atoms with Gasteiger partial charge in [-0.2, -0.15) is 0 Å². The number of ether oxygens (including phenoxy) is 3. The Balaban J connectivity index is 1.66. The fraction of sp³-hybridized carbons (Fsp3) is 0.250. The zero-order valence-corrected chi connectivity index (χ0v) is 11.0. The molecule has 1 aliphatic heterocycles. The highest BCUT2D eigenvalue weighted by atomic mass is 35.5. The fourth-order valence-electron chi connectivity index (χ4n) is 1.59. The molecule has 0 spiro atoms. The molecule has 0 saturated heterocycles. The van der Waals surface area contributed by atoms with Gasteiger partial charge in [-0.15, -0.1) is 22.9 Å². The van der Waals surface area contributed by atoms with Crippen molar-refractivity contribution >= 4 is 22.9 Å². The molecule has 0 bridgehead atoms. The quantitative estimate of drug-likeness (QED) is 0.808. The molecule has 2 heterocycles. The van der Waals surface area contributed by atoms with Crippen molar-refractivity contribution in [2.75, 3.05) is 6.79 Å². The standard InChI is InChI=1S/C12H10ClNO3S/c13-4-8-6-18-12(14-8)5-15-9-1-2-10-11(3-9)17-7-16-10/h1-3,6H,4-5,7H2. The zero-order chi connectivity index (χ0) is 12.4. The molecule has 0 N–H and O–H groups in total. The Hall–Kier alpha value is -1.46. The third-order valence-electron chi connectivity index (χ3n) is 2.44. The Bertz CT molecular complexity index is 558. The number of fused-ring (bicyclic) bond motifs is 1. The average Bonchev–Trinajstić information content (AvgIpc) is 3.04. The van der Waals surface area contributed by atoms with Gasteiger partial charge < -0.3 is 14.2 Å². The SMILES string of the molecule is ClCc1csc(COc2ccc3c(c2)OCO3)n1. The van der Waals surface area contributed by atoms with Gasteiger partial charge in [0.15, 0.2) is 11.5 Å². The summed E-state index contributed by atoms with van der Waals surface area (Å²) in [6.45, 7) is 0.700. The maximum atomic E-state index is 5.69. The number of hydrogen-bond donors (Lipinski definition) is 0. The number of alkyl halides is 1. The largest absolute Gasteiger partial charge is 0.486 e. The van der Waals surface area contributed by atoms with Gasteiger partial charge in [-0.25, -0.2) is 4.98 Å². The van der Waals surface area contributed by atoms with Gasteiger partial charge in [-0.05, 0) is 12.1 Å². The summed E-state index contributed by atoms with van der Waals surface area (Å²) in [5, 5.41) is 2.84. The minimum absolute atomic E-state index is 0.268. The molecule has 1 aliphatic rings. The van der Waals surface area contributed by atoms with E-state index >= 15 is 0 Å². The molecule has 6 heteroatoms. The third-order valence-corrected chi connectivity index (χ3v) is 3.59. The molecule has 0 unspecified atom stereocenters. The van der Waals surface area contributed by atoms with Crippen molar-refractivity contribution in [2.45, 2.75) is 12.5 Å². The second-order valence-electron chi connectivity index (χ2n) is 3.67. The molecular formula is C12H10ClNO3S. The summed E-state index contributed by atoms with van der Waals surface area (Å²) in [5.41, 5.74) is 0.881. The van der Waals surface area contributed by atoms with Crippen molar-refractivity contribution < 1.29 is 14.2 Å². The first-order chi connectivity index (χ1) is 8.85. The minimum atomic E-state index is 0.268. The molecule has 0 fully saturated rings. The molecule has 0 radical (unpaired) electrons. The van der Waals surface area contributed by atoms with Crippen LogP contribution in [-0.2, 0) is 12.5 Å². The van der Waals surface area contributed by atoms with Crippen molar-refractivity contribution in [1.29, 1.82) is 0 Å². The number of aromatic nitrogens is 1. The predicted molar refractivity (Wildman–Crippen MR) is 68.6 cm³/mol. The Kier molecular flexibility index (Phi) is 3.25. The van der Waals surface area contributed by atoms with Crippen LogP contribution in [0.4, 0.5) is 0 Å². The highest BCUT2D eigenvalue weighted by molar-refractivity contribution is 7.09. The maximum absolute atomic E-state index is 5.69. The van der Waals surface area contributed by atoms with Crippen molar-refractivity contribution in [3.8, 4) is 17.2 Å². The molecule has 0 amide bonds. The second kappa shape index (κ2) is 5.04. The lowest BCUT2D eigenvalue weighted by molar-refractivity contribution is 0.173. The number of nitrogens with zero attached hydrogens (tertiary/aromatic N) is 1. The van der Waals surface area contributed by atoms with E-state index in [1.165, 1.54) is 0 Å². The first-order valence-corrected chi connectivity index (χ1v) is 6.78. The van der Waals surface area contributed by atoms with E-state index in [1.807, 2.05) is 23.6 Å². The number of hydrogen-bond acceptors (Lipinski definition) is 5. The third kappa shape index (κ3) is 2.37. The molecule has 1 aromatic carbocycles. The van der Waals surface area contributed by atoms with Crippen molar-refractivity contribution in [3.05, 3.63) is 34.3 Å². The first-order valence-electron chi connectivity index (χ1n) is 5.37. The molecule has 0 aliphatic carbocycles. The van der Waals surface area contributed by atoms with Gasteiger partial charge in [0.25, 0.3) is 0 Å². The van der Waals surface area contributed by atoms with Crippen LogP contribution in [0.1, 0.15) is 10.7 Å². The molecule has 3 rings (SSSR count). The van der Waals surface area contributed by atoms with Gasteiger partial charge in [-0.1, -0.05) is 0 Å². The van der Waals surface area contributed by atoms with Crippen LogP contribution < -0.4 is 14.2 Å². The van der Waals surface area contributed by atoms with E-state index in [9.17, 15) is 0 Å². The number of thiazole rings is 1. The summed E-state index contributed by atoms with van der Waals surface area (Å²) in [4.78, 5) is 4.32. The van der Waals surface area contributed by atoms with Gasteiger partial charge in [0, 0.05) is 11.4 Å². The lowest BCUT2D eigenvalue weighted by atomic mass is 10.3. The molecule has 2 aromatic rings. The van der Waals surface area contributed by atoms with Crippen molar-refractivity contribution in [3.63, 3.8) is 0 Å². The van der Waals surface area contributed by atoms with Gasteiger partial charge >= 0.3 is 0 Å². The Labute approximate surface area is 113 Å². The smallest absolute Gasteiger partial charge is 0.231 e. The fourth-order valence-corrected chi connectivity index (χ4v) is 2.52. The second-order valence-corrected chi connectivity index (χ2v) is 4.88. The van der Waals surface area contributed by atoms with Gasteiger partial charge in [0.1, 0.15) is 17.4 Å². The number of benzene rings is 1. The van der Waals surface area contributed by atoms with Crippen LogP contribution >= 0.6 is 22.9 Å². The average molecular weight is 284 g/mol. The highest BCUT2D eigenvalue weighted by Crippen LogP contribution is 2.35. The predicted octanol–water partition coefficient (Wildman–Crippen LogP) is 3.19. The Morgan fingerprint density at radius 2 is 2.22 bits per heavy atom. The Morgan fingerprint density at radius 3 is 3.06 bits per heavy atom. The number of halogens is 1. The monoisotopic (exact) mass is 283 g/mol. The normalized spacial score (nSPS) is 12.7. The lowest BCUT2D eigenvalue weighted by Gasteiger charge is -2.04. The lowest BCUT2D eigenvalue weighted by Crippen LogP contribution is -1.95. The van der Waals surface area contributed by atoms with Gasteiger partial charge in [0.2, 0.25) is 6.79 Å². The number of rotatable bonds is 4. The molecule has 1 aromatic heterocycles. The zero-order valence-electron chi connectivity index (χ0n) is 9.39. The van der Waals surface area contributed by atoms with Crippen molar-refractivity contribution in [1.82, 2.24) is 4.98 Å².